The Hall–Kier alpha value is -2.34. The molecule has 1 aromatic carbocycles. The molecule has 0 radical (unpaired) electrons. The van der Waals surface area contributed by atoms with Gasteiger partial charge in [0, 0.05) is 6.20 Å². The van der Waals surface area contributed by atoms with E-state index < -0.39 is 12.0 Å². The molecule has 0 aliphatic carbocycles. The summed E-state index contributed by atoms with van der Waals surface area (Å²) in [5.41, 5.74) is 0.686. The second kappa shape index (κ2) is 8.19. The van der Waals surface area contributed by atoms with E-state index in [2.05, 4.69) is 10.3 Å². The second-order valence-electron chi connectivity index (χ2n) is 4.39. The number of carbonyl (C=O) groups excluding carboxylic acids is 2. The molecule has 1 amide bonds. The van der Waals surface area contributed by atoms with Crippen LogP contribution in [0.2, 0.25) is 0 Å². The highest BCUT2D eigenvalue weighted by atomic mass is 32.2. The number of benzene rings is 1. The quantitative estimate of drug-likeness (QED) is 0.653. The first-order valence-corrected chi connectivity index (χ1v) is 7.65. The van der Waals surface area contributed by atoms with Crippen LogP contribution < -0.4 is 5.32 Å². The van der Waals surface area contributed by atoms with Crippen molar-refractivity contribution in [2.75, 3.05) is 12.9 Å². The zero-order valence-corrected chi connectivity index (χ0v) is 12.9. The number of nitrogens with one attached hydrogen (secondary N) is 1. The Morgan fingerprint density at radius 1 is 1.18 bits per heavy atom. The van der Waals surface area contributed by atoms with Crippen molar-refractivity contribution >= 4 is 23.6 Å². The zero-order chi connectivity index (χ0) is 15.8. The van der Waals surface area contributed by atoms with Crippen LogP contribution >= 0.6 is 11.8 Å². The summed E-state index contributed by atoms with van der Waals surface area (Å²) in [4.78, 5) is 28.0. The summed E-state index contributed by atoms with van der Waals surface area (Å²) in [6, 6.07) is 13.7. The van der Waals surface area contributed by atoms with Crippen molar-refractivity contribution in [3.05, 3.63) is 60.3 Å². The van der Waals surface area contributed by atoms with Gasteiger partial charge in [0.15, 0.2) is 6.04 Å². The number of ether oxygens (including phenoxy) is 1. The Kier molecular flexibility index (Phi) is 5.97. The van der Waals surface area contributed by atoms with Crippen LogP contribution in [0.25, 0.3) is 0 Å². The van der Waals surface area contributed by atoms with Crippen LogP contribution in [0, 0.1) is 0 Å². The molecule has 1 unspecified atom stereocenters. The van der Waals surface area contributed by atoms with E-state index in [9.17, 15) is 9.59 Å². The van der Waals surface area contributed by atoms with Crippen LogP contribution in [-0.4, -0.2) is 29.7 Å². The molecule has 1 heterocycles. The molecule has 5 nitrogen and oxygen atoms in total. The average molecular weight is 316 g/mol. The molecule has 0 spiro atoms. The van der Waals surface area contributed by atoms with Crippen molar-refractivity contribution in [1.29, 1.82) is 0 Å². The van der Waals surface area contributed by atoms with Gasteiger partial charge in [0.2, 0.25) is 5.91 Å². The zero-order valence-electron chi connectivity index (χ0n) is 12.1. The van der Waals surface area contributed by atoms with Crippen LogP contribution in [0.1, 0.15) is 11.6 Å². The van der Waals surface area contributed by atoms with Gasteiger partial charge in [-0.3, -0.25) is 4.79 Å². The number of esters is 1. The molecule has 22 heavy (non-hydrogen) atoms. The predicted octanol–water partition coefficient (Wildman–Crippen LogP) is 2.20. The van der Waals surface area contributed by atoms with Crippen molar-refractivity contribution < 1.29 is 14.3 Å². The van der Waals surface area contributed by atoms with Crippen LogP contribution in [0.5, 0.6) is 0 Å². The van der Waals surface area contributed by atoms with Gasteiger partial charge in [-0.2, -0.15) is 0 Å². The van der Waals surface area contributed by atoms with Gasteiger partial charge in [-0.25, -0.2) is 9.78 Å². The van der Waals surface area contributed by atoms with E-state index in [1.54, 1.807) is 30.5 Å². The highest BCUT2D eigenvalue weighted by Crippen LogP contribution is 2.17. The molecule has 6 heteroatoms. The van der Waals surface area contributed by atoms with E-state index in [0.29, 0.717) is 5.56 Å². The van der Waals surface area contributed by atoms with Crippen molar-refractivity contribution in [1.82, 2.24) is 10.3 Å². The van der Waals surface area contributed by atoms with Crippen LogP contribution in [0.15, 0.2) is 59.8 Å². The molecule has 0 saturated carbocycles. The molecule has 1 atom stereocenters. The molecule has 0 saturated heterocycles. The van der Waals surface area contributed by atoms with E-state index >= 15 is 0 Å². The fourth-order valence-corrected chi connectivity index (χ4v) is 2.49. The second-order valence-corrected chi connectivity index (χ2v) is 5.39. The third-order valence-corrected chi connectivity index (χ3v) is 3.81. The first-order valence-electron chi connectivity index (χ1n) is 6.66. The molecule has 1 N–H and O–H groups in total. The molecule has 0 bridgehead atoms. The van der Waals surface area contributed by atoms with Crippen molar-refractivity contribution in [2.45, 2.75) is 11.1 Å². The third-order valence-electron chi connectivity index (χ3n) is 2.86. The number of amides is 1. The summed E-state index contributed by atoms with van der Waals surface area (Å²) in [5, 5.41) is 3.45. The molecular weight excluding hydrogens is 300 g/mol. The standard InChI is InChI=1S/C16H16N2O3S/c1-21-16(20)15(12-7-3-2-4-8-12)18-13(19)11-22-14-9-5-6-10-17-14/h2-10,15H,11H2,1H3,(H,18,19). The van der Waals surface area contributed by atoms with E-state index in [4.69, 9.17) is 4.74 Å². The molecule has 0 aliphatic heterocycles. The van der Waals surface area contributed by atoms with Gasteiger partial charge in [-0.1, -0.05) is 48.2 Å². The molecule has 2 aromatic rings. The summed E-state index contributed by atoms with van der Waals surface area (Å²) in [6.45, 7) is 0. The average Bonchev–Trinajstić information content (AvgIpc) is 2.59. The minimum absolute atomic E-state index is 0.178. The molecule has 0 aliphatic rings. The number of nitrogens with zero attached hydrogens (tertiary/aromatic N) is 1. The monoisotopic (exact) mass is 316 g/mol. The van der Waals surface area contributed by atoms with Crippen molar-refractivity contribution in [3.8, 4) is 0 Å². The van der Waals surface area contributed by atoms with E-state index in [-0.39, 0.29) is 11.7 Å². The van der Waals surface area contributed by atoms with Crippen LogP contribution in [0.3, 0.4) is 0 Å². The normalized spacial score (nSPS) is 11.5. The Labute approximate surface area is 133 Å². The van der Waals surface area contributed by atoms with Crippen LogP contribution in [-0.2, 0) is 14.3 Å². The lowest BCUT2D eigenvalue weighted by molar-refractivity contribution is -0.145. The number of rotatable bonds is 6. The maximum Gasteiger partial charge on any atom is 0.333 e. The molecule has 114 valence electrons. The maximum absolute atomic E-state index is 12.1. The largest absolute Gasteiger partial charge is 0.467 e. The van der Waals surface area contributed by atoms with E-state index in [1.165, 1.54) is 18.9 Å². The lowest BCUT2D eigenvalue weighted by atomic mass is 10.1. The smallest absolute Gasteiger partial charge is 0.333 e. The molecule has 0 fully saturated rings. The first kappa shape index (κ1) is 16.0. The van der Waals surface area contributed by atoms with Gasteiger partial charge in [0.05, 0.1) is 17.9 Å². The summed E-state index contributed by atoms with van der Waals surface area (Å²) < 4.78 is 4.76. The van der Waals surface area contributed by atoms with E-state index in [0.717, 1.165) is 5.03 Å². The number of aromatic nitrogens is 1. The van der Waals surface area contributed by atoms with Gasteiger partial charge in [0.25, 0.3) is 0 Å². The van der Waals surface area contributed by atoms with Crippen molar-refractivity contribution in [2.24, 2.45) is 0 Å². The first-order chi connectivity index (χ1) is 10.7. The Morgan fingerprint density at radius 2 is 1.91 bits per heavy atom. The summed E-state index contributed by atoms with van der Waals surface area (Å²) in [5.74, 6) is -0.575. The Balaban J connectivity index is 1.98. The predicted molar refractivity (Wildman–Crippen MR) is 84.3 cm³/mol. The van der Waals surface area contributed by atoms with Gasteiger partial charge >= 0.3 is 5.97 Å². The number of hydrogen-bond acceptors (Lipinski definition) is 5. The minimum atomic E-state index is -0.803. The fourth-order valence-electron chi connectivity index (χ4n) is 1.82. The Bertz CT molecular complexity index is 620. The lowest BCUT2D eigenvalue weighted by Gasteiger charge is -2.16. The number of thioether (sulfide) groups is 1. The summed E-state index contributed by atoms with van der Waals surface area (Å²) >= 11 is 1.31. The number of pyridine rings is 1. The van der Waals surface area contributed by atoms with Gasteiger partial charge in [-0.05, 0) is 17.7 Å². The molecular formula is C16H16N2O3S. The molecule has 2 rings (SSSR count). The SMILES string of the molecule is COC(=O)C(NC(=O)CSc1ccccn1)c1ccccc1. The molecule has 1 aromatic heterocycles. The van der Waals surface area contributed by atoms with Crippen LogP contribution in [0.4, 0.5) is 0 Å². The highest BCUT2D eigenvalue weighted by molar-refractivity contribution is 7.99. The number of methoxy groups -OCH3 is 1. The highest BCUT2D eigenvalue weighted by Gasteiger charge is 2.23. The fraction of sp³-hybridized carbons (Fsp3) is 0.188. The lowest BCUT2D eigenvalue weighted by Crippen LogP contribution is -2.35. The van der Waals surface area contributed by atoms with Gasteiger partial charge in [0.1, 0.15) is 0 Å². The third kappa shape index (κ3) is 4.60. The summed E-state index contributed by atoms with van der Waals surface area (Å²) in [7, 11) is 1.30. The van der Waals surface area contributed by atoms with Gasteiger partial charge in [-0.15, -0.1) is 0 Å². The Morgan fingerprint density at radius 3 is 2.55 bits per heavy atom. The maximum atomic E-state index is 12.1. The topological polar surface area (TPSA) is 68.3 Å². The van der Waals surface area contributed by atoms with Crippen molar-refractivity contribution in [3.63, 3.8) is 0 Å². The van der Waals surface area contributed by atoms with Gasteiger partial charge < -0.3 is 10.1 Å². The number of hydrogen-bond donors (Lipinski definition) is 1. The minimum Gasteiger partial charge on any atom is -0.467 e. The number of carbonyl (C=O) groups is 2. The summed E-state index contributed by atoms with van der Waals surface area (Å²) in [6.07, 6.45) is 1.67. The van der Waals surface area contributed by atoms with E-state index in [1.807, 2.05) is 24.3 Å².